The van der Waals surface area contributed by atoms with Crippen LogP contribution in [0, 0.1) is 17.2 Å². The normalized spacial score (nSPS) is 12.1. The zero-order chi connectivity index (χ0) is 13.7. The Morgan fingerprint density at radius 3 is 2.74 bits per heavy atom. The van der Waals surface area contributed by atoms with Crippen LogP contribution in [0.2, 0.25) is 0 Å². The van der Waals surface area contributed by atoms with Gasteiger partial charge in [-0.2, -0.15) is 10.2 Å². The molecule has 0 bridgehead atoms. The Morgan fingerprint density at radius 2 is 2.11 bits per heavy atom. The van der Waals surface area contributed by atoms with Gasteiger partial charge in [-0.25, -0.2) is 0 Å². The maximum Gasteiger partial charge on any atom is 0.228 e. The van der Waals surface area contributed by atoms with E-state index in [-0.39, 0.29) is 5.92 Å². The van der Waals surface area contributed by atoms with E-state index in [2.05, 4.69) is 35.3 Å². The lowest BCUT2D eigenvalue weighted by molar-refractivity contribution is 0.369. The molecule has 4 nitrogen and oxygen atoms in total. The van der Waals surface area contributed by atoms with E-state index in [1.54, 1.807) is 11.8 Å². The molecule has 0 saturated heterocycles. The smallest absolute Gasteiger partial charge is 0.228 e. The van der Waals surface area contributed by atoms with Crippen LogP contribution in [0.3, 0.4) is 0 Å². The summed E-state index contributed by atoms with van der Waals surface area (Å²) in [6.45, 7) is 3.96. The minimum atomic E-state index is -0.114. The third-order valence-electron chi connectivity index (χ3n) is 2.59. The Kier molecular flexibility index (Phi) is 4.58. The van der Waals surface area contributed by atoms with Gasteiger partial charge in [-0.15, -0.1) is 11.8 Å². The molecule has 0 amide bonds. The molecule has 0 aliphatic rings. The van der Waals surface area contributed by atoms with Crippen LogP contribution in [0.4, 0.5) is 0 Å². The van der Waals surface area contributed by atoms with E-state index in [9.17, 15) is 0 Å². The lowest BCUT2D eigenvalue weighted by Gasteiger charge is -1.98. The van der Waals surface area contributed by atoms with Gasteiger partial charge in [-0.05, 0) is 36.9 Å². The molecule has 1 aromatic carbocycles. The van der Waals surface area contributed by atoms with Crippen molar-refractivity contribution < 1.29 is 4.52 Å². The first-order valence-corrected chi connectivity index (χ1v) is 7.17. The average molecular weight is 273 g/mol. The topological polar surface area (TPSA) is 62.7 Å². The van der Waals surface area contributed by atoms with Crippen molar-refractivity contribution in [2.24, 2.45) is 5.92 Å². The maximum absolute atomic E-state index is 8.76. The Labute approximate surface area is 116 Å². The van der Waals surface area contributed by atoms with Crippen molar-refractivity contribution in [2.75, 3.05) is 5.75 Å². The SMILES string of the molecule is CCSc1ccc(-c2noc(CC(C)C#N)n2)cc1. The van der Waals surface area contributed by atoms with Crippen LogP contribution in [0.5, 0.6) is 0 Å². The summed E-state index contributed by atoms with van der Waals surface area (Å²) in [5.74, 6) is 2.03. The number of nitrogens with zero attached hydrogens (tertiary/aromatic N) is 3. The Hall–Kier alpha value is -1.80. The summed E-state index contributed by atoms with van der Waals surface area (Å²) >= 11 is 1.80. The summed E-state index contributed by atoms with van der Waals surface area (Å²) in [6, 6.07) is 10.2. The third kappa shape index (κ3) is 3.58. The number of hydrogen-bond acceptors (Lipinski definition) is 5. The Bertz CT molecular complexity index is 571. The van der Waals surface area contributed by atoms with E-state index in [0.29, 0.717) is 18.1 Å². The number of nitriles is 1. The first-order chi connectivity index (χ1) is 9.22. The van der Waals surface area contributed by atoms with Gasteiger partial charge in [0.2, 0.25) is 11.7 Å². The average Bonchev–Trinajstić information content (AvgIpc) is 2.88. The van der Waals surface area contributed by atoms with E-state index in [4.69, 9.17) is 9.78 Å². The van der Waals surface area contributed by atoms with Crippen LogP contribution in [-0.2, 0) is 6.42 Å². The standard InChI is InChI=1S/C14H15N3OS/c1-3-19-12-6-4-11(5-7-12)14-16-13(18-17-14)8-10(2)9-15/h4-7,10H,3,8H2,1-2H3. The molecule has 98 valence electrons. The van der Waals surface area contributed by atoms with Crippen molar-refractivity contribution in [3.8, 4) is 17.5 Å². The fraction of sp³-hybridized carbons (Fsp3) is 0.357. The number of aromatic nitrogens is 2. The molecule has 0 radical (unpaired) electrons. The van der Waals surface area contributed by atoms with Gasteiger partial charge in [0.15, 0.2) is 0 Å². The van der Waals surface area contributed by atoms with Gasteiger partial charge >= 0.3 is 0 Å². The quantitative estimate of drug-likeness (QED) is 0.779. The highest BCUT2D eigenvalue weighted by Crippen LogP contribution is 2.22. The fourth-order valence-corrected chi connectivity index (χ4v) is 2.29. The zero-order valence-corrected chi connectivity index (χ0v) is 11.8. The molecule has 0 aliphatic heterocycles. The second kappa shape index (κ2) is 6.39. The molecule has 19 heavy (non-hydrogen) atoms. The minimum absolute atomic E-state index is 0.114. The maximum atomic E-state index is 8.76. The molecule has 2 rings (SSSR count). The van der Waals surface area contributed by atoms with E-state index >= 15 is 0 Å². The summed E-state index contributed by atoms with van der Waals surface area (Å²) in [5, 5.41) is 12.7. The number of hydrogen-bond donors (Lipinski definition) is 0. The van der Waals surface area contributed by atoms with Crippen molar-refractivity contribution in [1.82, 2.24) is 10.1 Å². The van der Waals surface area contributed by atoms with Crippen LogP contribution in [0.15, 0.2) is 33.7 Å². The van der Waals surface area contributed by atoms with E-state index in [1.165, 1.54) is 4.90 Å². The summed E-state index contributed by atoms with van der Waals surface area (Å²) < 4.78 is 5.15. The van der Waals surface area contributed by atoms with Gasteiger partial charge in [0.1, 0.15) is 0 Å². The molecule has 0 N–H and O–H groups in total. The molecule has 0 spiro atoms. The van der Waals surface area contributed by atoms with Gasteiger partial charge in [0, 0.05) is 16.9 Å². The summed E-state index contributed by atoms with van der Waals surface area (Å²) in [4.78, 5) is 5.54. The molecular formula is C14H15N3OS. The molecule has 1 heterocycles. The summed E-state index contributed by atoms with van der Waals surface area (Å²) in [5.41, 5.74) is 0.931. The van der Waals surface area contributed by atoms with Crippen molar-refractivity contribution in [3.63, 3.8) is 0 Å². The molecule has 0 fully saturated rings. The lowest BCUT2D eigenvalue weighted by Crippen LogP contribution is -1.96. The van der Waals surface area contributed by atoms with E-state index < -0.39 is 0 Å². The third-order valence-corrected chi connectivity index (χ3v) is 3.49. The first-order valence-electron chi connectivity index (χ1n) is 6.18. The van der Waals surface area contributed by atoms with Crippen LogP contribution >= 0.6 is 11.8 Å². The predicted molar refractivity (Wildman–Crippen MR) is 74.6 cm³/mol. The van der Waals surface area contributed by atoms with Crippen LogP contribution < -0.4 is 0 Å². The highest BCUT2D eigenvalue weighted by molar-refractivity contribution is 7.99. The summed E-state index contributed by atoms with van der Waals surface area (Å²) in [7, 11) is 0. The van der Waals surface area contributed by atoms with Gasteiger partial charge in [0.25, 0.3) is 0 Å². The number of benzene rings is 1. The van der Waals surface area contributed by atoms with Crippen molar-refractivity contribution in [2.45, 2.75) is 25.2 Å². The van der Waals surface area contributed by atoms with Crippen molar-refractivity contribution in [3.05, 3.63) is 30.2 Å². The largest absolute Gasteiger partial charge is 0.339 e. The second-order valence-corrected chi connectivity index (χ2v) is 5.54. The Morgan fingerprint density at radius 1 is 1.37 bits per heavy atom. The molecule has 1 aromatic heterocycles. The zero-order valence-electron chi connectivity index (χ0n) is 11.0. The second-order valence-electron chi connectivity index (χ2n) is 4.20. The lowest BCUT2D eigenvalue weighted by atomic mass is 10.1. The van der Waals surface area contributed by atoms with Crippen LogP contribution in [-0.4, -0.2) is 15.9 Å². The number of rotatable bonds is 5. The molecule has 2 aromatic rings. The van der Waals surface area contributed by atoms with E-state index in [0.717, 1.165) is 11.3 Å². The predicted octanol–water partition coefficient (Wildman–Crippen LogP) is 3.55. The molecule has 1 unspecified atom stereocenters. The van der Waals surface area contributed by atoms with E-state index in [1.807, 2.05) is 19.1 Å². The molecular weight excluding hydrogens is 258 g/mol. The minimum Gasteiger partial charge on any atom is -0.339 e. The Balaban J connectivity index is 2.12. The summed E-state index contributed by atoms with van der Waals surface area (Å²) in [6.07, 6.45) is 0.493. The van der Waals surface area contributed by atoms with Gasteiger partial charge in [0.05, 0.1) is 12.0 Å². The molecule has 0 saturated carbocycles. The highest BCUT2D eigenvalue weighted by Gasteiger charge is 2.11. The van der Waals surface area contributed by atoms with Crippen molar-refractivity contribution >= 4 is 11.8 Å². The monoisotopic (exact) mass is 273 g/mol. The van der Waals surface area contributed by atoms with Crippen LogP contribution in [0.1, 0.15) is 19.7 Å². The molecule has 0 aliphatic carbocycles. The molecule has 1 atom stereocenters. The van der Waals surface area contributed by atoms with Gasteiger partial charge < -0.3 is 4.52 Å². The fourth-order valence-electron chi connectivity index (χ4n) is 1.63. The highest BCUT2D eigenvalue weighted by atomic mass is 32.2. The van der Waals surface area contributed by atoms with Crippen LogP contribution in [0.25, 0.3) is 11.4 Å². The first kappa shape index (κ1) is 13.6. The van der Waals surface area contributed by atoms with Gasteiger partial charge in [-0.3, -0.25) is 0 Å². The molecule has 5 heteroatoms. The van der Waals surface area contributed by atoms with Crippen molar-refractivity contribution in [1.29, 1.82) is 5.26 Å². The number of thioether (sulfide) groups is 1. The van der Waals surface area contributed by atoms with Gasteiger partial charge in [-0.1, -0.05) is 12.1 Å².